The summed E-state index contributed by atoms with van der Waals surface area (Å²) in [5.41, 5.74) is 7.84. The number of hydrogen-bond donors (Lipinski definition) is 5. The van der Waals surface area contributed by atoms with Gasteiger partial charge in [0.1, 0.15) is 5.82 Å². The number of para-hydroxylation sites is 1. The summed E-state index contributed by atoms with van der Waals surface area (Å²) in [6, 6.07) is 14.7. The highest BCUT2D eigenvalue weighted by molar-refractivity contribution is 7.92. The van der Waals surface area contributed by atoms with Crippen molar-refractivity contribution < 1.29 is 22.0 Å². The zero-order valence-electron chi connectivity index (χ0n) is 21.7. The molecule has 15 heteroatoms. The zero-order valence-corrected chi connectivity index (χ0v) is 22.5. The molecular weight excluding hydrogens is 568 g/mol. The van der Waals surface area contributed by atoms with Crippen molar-refractivity contribution in [2.75, 3.05) is 32.5 Å². The Kier molecular flexibility index (Phi) is 6.78. The molecule has 2 amide bonds. The summed E-state index contributed by atoms with van der Waals surface area (Å²) in [6.45, 7) is 0.0663. The molecule has 0 radical (unpaired) electrons. The summed E-state index contributed by atoms with van der Waals surface area (Å²) in [7, 11) is -4.11. The van der Waals surface area contributed by atoms with Crippen molar-refractivity contribution in [2.45, 2.75) is 17.4 Å². The predicted molar refractivity (Wildman–Crippen MR) is 154 cm³/mol. The van der Waals surface area contributed by atoms with E-state index < -0.39 is 27.7 Å². The van der Waals surface area contributed by atoms with Gasteiger partial charge < -0.3 is 21.7 Å². The number of nitrogens with zero attached hydrogens (tertiary/aromatic N) is 4. The summed E-state index contributed by atoms with van der Waals surface area (Å²) < 4.78 is 56.0. The van der Waals surface area contributed by atoms with Gasteiger partial charge in [0.05, 0.1) is 34.8 Å². The number of amides is 2. The van der Waals surface area contributed by atoms with E-state index in [4.69, 9.17) is 5.73 Å². The minimum absolute atomic E-state index is 0.0248. The van der Waals surface area contributed by atoms with Gasteiger partial charge in [0.2, 0.25) is 5.95 Å². The van der Waals surface area contributed by atoms with Crippen molar-refractivity contribution in [3.8, 4) is 0 Å². The van der Waals surface area contributed by atoms with Gasteiger partial charge in [-0.15, -0.1) is 0 Å². The van der Waals surface area contributed by atoms with Gasteiger partial charge in [-0.1, -0.05) is 24.3 Å². The summed E-state index contributed by atoms with van der Waals surface area (Å²) in [4.78, 5) is 20.8. The number of aromatic amines is 1. The monoisotopic (exact) mass is 591 g/mol. The Balaban J connectivity index is 1.26. The van der Waals surface area contributed by atoms with Crippen LogP contribution < -0.4 is 26.0 Å². The van der Waals surface area contributed by atoms with Gasteiger partial charge in [-0.25, -0.2) is 22.0 Å². The van der Waals surface area contributed by atoms with Gasteiger partial charge in [-0.3, -0.25) is 9.40 Å². The second kappa shape index (κ2) is 10.6. The minimum atomic E-state index is -4.11. The number of carbonyl (C=O) groups excluding carboxylic acids is 1. The minimum Gasteiger partial charge on any atom is -0.368 e. The second-order valence-electron chi connectivity index (χ2n) is 9.51. The van der Waals surface area contributed by atoms with E-state index in [-0.39, 0.29) is 34.8 Å². The van der Waals surface area contributed by atoms with Gasteiger partial charge in [0, 0.05) is 17.4 Å². The first kappa shape index (κ1) is 26.9. The van der Waals surface area contributed by atoms with Crippen LogP contribution in [0.15, 0.2) is 77.8 Å². The van der Waals surface area contributed by atoms with Gasteiger partial charge in [-0.05, 0) is 48.4 Å². The largest absolute Gasteiger partial charge is 0.368 e. The highest BCUT2D eigenvalue weighted by Crippen LogP contribution is 2.34. The first-order chi connectivity index (χ1) is 20.2. The van der Waals surface area contributed by atoms with E-state index in [0.29, 0.717) is 29.0 Å². The fourth-order valence-corrected chi connectivity index (χ4v) is 6.36. The van der Waals surface area contributed by atoms with Crippen LogP contribution in [0.4, 0.5) is 42.4 Å². The topological polar surface area (TPSA) is 171 Å². The third-order valence-corrected chi connectivity index (χ3v) is 8.41. The van der Waals surface area contributed by atoms with Crippen LogP contribution >= 0.6 is 0 Å². The highest BCUT2D eigenvalue weighted by atomic mass is 32.2. The number of halogens is 2. The number of rotatable bonds is 6. The Bertz CT molecular complexity index is 1930. The second-order valence-corrected chi connectivity index (χ2v) is 11.4. The van der Waals surface area contributed by atoms with Gasteiger partial charge in [0.25, 0.3) is 10.0 Å². The number of aromatic nitrogens is 4. The lowest BCUT2D eigenvalue weighted by Gasteiger charge is -2.36. The molecule has 3 aromatic carbocycles. The molecule has 1 aliphatic rings. The van der Waals surface area contributed by atoms with Crippen LogP contribution in [0.3, 0.4) is 0 Å². The van der Waals surface area contributed by atoms with Crippen LogP contribution in [0.2, 0.25) is 0 Å². The maximum Gasteiger partial charge on any atom is 0.323 e. The third-order valence-electron chi connectivity index (χ3n) is 6.64. The number of carbonyl (C=O) groups is 1. The molecule has 0 spiro atoms. The maximum atomic E-state index is 14.0. The Morgan fingerprint density at radius 2 is 1.76 bits per heavy atom. The number of nitrogen functional groups attached to an aromatic ring is 1. The molecule has 12 nitrogen and oxygen atoms in total. The van der Waals surface area contributed by atoms with Gasteiger partial charge in [0.15, 0.2) is 17.3 Å². The van der Waals surface area contributed by atoms with Gasteiger partial charge in [-0.2, -0.15) is 15.1 Å². The molecule has 0 saturated heterocycles. The van der Waals surface area contributed by atoms with E-state index in [9.17, 15) is 22.0 Å². The molecule has 5 aromatic rings. The van der Waals surface area contributed by atoms with Crippen LogP contribution in [0.5, 0.6) is 0 Å². The number of hydrogen-bond acceptors (Lipinski definition) is 8. The van der Waals surface area contributed by atoms with E-state index in [2.05, 4.69) is 36.1 Å². The number of H-pyrrole nitrogens is 1. The van der Waals surface area contributed by atoms with Crippen molar-refractivity contribution in [1.29, 1.82) is 0 Å². The first-order valence-corrected chi connectivity index (χ1v) is 14.1. The highest BCUT2D eigenvalue weighted by Gasteiger charge is 2.34. The number of sulfonamides is 1. The smallest absolute Gasteiger partial charge is 0.323 e. The normalized spacial score (nSPS) is 14.8. The van der Waals surface area contributed by atoms with Crippen LogP contribution in [0.25, 0.3) is 11.0 Å². The molecular formula is C27H23F2N9O3S. The Hall–Kier alpha value is -5.31. The Morgan fingerprint density at radius 1 is 0.976 bits per heavy atom. The molecule has 214 valence electrons. The molecule has 42 heavy (non-hydrogen) atoms. The third kappa shape index (κ3) is 5.24. The van der Waals surface area contributed by atoms with Crippen molar-refractivity contribution in [3.63, 3.8) is 0 Å². The molecule has 0 aliphatic carbocycles. The molecule has 6 rings (SSSR count). The summed E-state index contributed by atoms with van der Waals surface area (Å²) in [5, 5.41) is 15.6. The number of nitrogens with two attached hydrogens (primary N) is 1. The van der Waals surface area contributed by atoms with Crippen molar-refractivity contribution in [1.82, 2.24) is 20.2 Å². The van der Waals surface area contributed by atoms with E-state index in [1.54, 1.807) is 18.3 Å². The van der Waals surface area contributed by atoms with Crippen molar-refractivity contribution >= 4 is 55.9 Å². The molecule has 3 heterocycles. The Labute approximate surface area is 238 Å². The zero-order chi connectivity index (χ0) is 29.4. The number of benzene rings is 3. The van der Waals surface area contributed by atoms with E-state index in [1.165, 1.54) is 34.6 Å². The lowest BCUT2D eigenvalue weighted by Crippen LogP contribution is -2.45. The molecule has 0 saturated carbocycles. The van der Waals surface area contributed by atoms with E-state index in [0.717, 1.165) is 17.7 Å². The van der Waals surface area contributed by atoms with Crippen LogP contribution in [0.1, 0.15) is 5.56 Å². The average Bonchev–Trinajstić information content (AvgIpc) is 3.43. The molecule has 0 bridgehead atoms. The van der Waals surface area contributed by atoms with Crippen molar-refractivity contribution in [2.24, 2.45) is 0 Å². The molecule has 1 atom stereocenters. The number of nitrogens with one attached hydrogen (secondary N) is 4. The molecule has 1 aliphatic heterocycles. The SMILES string of the molecule is Nc1nc(NC2Cc3ccccc3N(S(=O)(=O)c3cccc(NC(=O)Nc4ccc(F)c(F)c4)c3)C2)c2cn[nH]c2n1. The van der Waals surface area contributed by atoms with Crippen LogP contribution in [-0.4, -0.2) is 47.2 Å². The summed E-state index contributed by atoms with van der Waals surface area (Å²) in [6.07, 6.45) is 2.07. The fourth-order valence-electron chi connectivity index (χ4n) is 4.76. The fraction of sp³-hybridized carbons (Fsp3) is 0.111. The number of urea groups is 1. The number of fused-ring (bicyclic) bond motifs is 2. The molecule has 1 unspecified atom stereocenters. The van der Waals surface area contributed by atoms with E-state index in [1.807, 2.05) is 12.1 Å². The average molecular weight is 592 g/mol. The lowest BCUT2D eigenvalue weighted by molar-refractivity contribution is 0.262. The molecule has 2 aromatic heterocycles. The predicted octanol–water partition coefficient (Wildman–Crippen LogP) is 4.09. The number of anilines is 5. The van der Waals surface area contributed by atoms with E-state index >= 15 is 0 Å². The maximum absolute atomic E-state index is 14.0. The van der Waals surface area contributed by atoms with Gasteiger partial charge >= 0.3 is 6.03 Å². The quantitative estimate of drug-likeness (QED) is 0.197. The lowest BCUT2D eigenvalue weighted by atomic mass is 9.99. The van der Waals surface area contributed by atoms with Crippen molar-refractivity contribution in [3.05, 3.63) is 90.1 Å². The van der Waals surface area contributed by atoms with Crippen LogP contribution in [0, 0.1) is 11.6 Å². The standard InChI is InChI=1S/C27H23F2N9O3S/c28-21-9-8-17(12-22(21)29)34-27(39)33-16-5-3-6-19(11-16)42(40,41)38-14-18(10-15-4-1-2-7-23(15)38)32-24-20-13-31-37-25(20)36-26(30)35-24/h1-9,11-13,18H,10,14H2,(H2,33,34,39)(H4,30,31,32,35,36,37). The molecule has 0 fully saturated rings. The summed E-state index contributed by atoms with van der Waals surface area (Å²) in [5.74, 6) is -1.71. The first-order valence-electron chi connectivity index (χ1n) is 12.6. The Morgan fingerprint density at radius 3 is 2.57 bits per heavy atom. The molecule has 6 N–H and O–H groups in total. The van der Waals surface area contributed by atoms with Crippen LogP contribution in [-0.2, 0) is 16.4 Å². The summed E-state index contributed by atoms with van der Waals surface area (Å²) >= 11 is 0.